The van der Waals surface area contributed by atoms with Crippen LogP contribution in [0.4, 0.5) is 5.69 Å². The molecule has 0 bridgehead atoms. The van der Waals surface area contributed by atoms with Crippen LogP contribution in [0.25, 0.3) is 0 Å². The van der Waals surface area contributed by atoms with Crippen LogP contribution in [0, 0.1) is 0 Å². The molecule has 3 heterocycles. The molecule has 2 aliphatic heterocycles. The molecule has 2 aliphatic rings. The van der Waals surface area contributed by atoms with Gasteiger partial charge >= 0.3 is 0 Å². The van der Waals surface area contributed by atoms with E-state index in [1.807, 2.05) is 24.3 Å². The van der Waals surface area contributed by atoms with Crippen molar-refractivity contribution in [3.8, 4) is 5.75 Å². The lowest BCUT2D eigenvalue weighted by Gasteiger charge is -2.25. The lowest BCUT2D eigenvalue weighted by atomic mass is 10.1. The van der Waals surface area contributed by atoms with E-state index in [9.17, 15) is 9.59 Å². The van der Waals surface area contributed by atoms with E-state index in [-0.39, 0.29) is 24.5 Å². The van der Waals surface area contributed by atoms with E-state index >= 15 is 0 Å². The number of nitrogens with zero attached hydrogens (tertiary/aromatic N) is 3. The van der Waals surface area contributed by atoms with Gasteiger partial charge in [-0.2, -0.15) is 5.10 Å². The van der Waals surface area contributed by atoms with Crippen LogP contribution in [0.2, 0.25) is 0 Å². The van der Waals surface area contributed by atoms with Gasteiger partial charge in [0.25, 0.3) is 11.8 Å². The zero-order valence-corrected chi connectivity index (χ0v) is 13.4. The molecule has 1 aromatic heterocycles. The Morgan fingerprint density at radius 3 is 3.08 bits per heavy atom. The summed E-state index contributed by atoms with van der Waals surface area (Å²) < 4.78 is 7.09. The van der Waals surface area contributed by atoms with Crippen LogP contribution in [0.5, 0.6) is 5.75 Å². The van der Waals surface area contributed by atoms with Gasteiger partial charge in [-0.15, -0.1) is 0 Å². The van der Waals surface area contributed by atoms with Gasteiger partial charge in [0.15, 0.2) is 6.61 Å². The first-order valence-electron chi connectivity index (χ1n) is 7.98. The van der Waals surface area contributed by atoms with Crippen LogP contribution in [0.3, 0.4) is 0 Å². The molecule has 0 aliphatic carbocycles. The molecule has 24 heavy (non-hydrogen) atoms. The summed E-state index contributed by atoms with van der Waals surface area (Å²) in [5, 5.41) is 6.95. The van der Waals surface area contributed by atoms with Crippen molar-refractivity contribution in [3.63, 3.8) is 0 Å². The molecule has 124 valence electrons. The van der Waals surface area contributed by atoms with Crippen LogP contribution in [0.15, 0.2) is 30.6 Å². The highest BCUT2D eigenvalue weighted by atomic mass is 16.5. The van der Waals surface area contributed by atoms with Crippen molar-refractivity contribution in [3.05, 3.63) is 41.7 Å². The van der Waals surface area contributed by atoms with E-state index < -0.39 is 0 Å². The number of amides is 2. The largest absolute Gasteiger partial charge is 0.482 e. The van der Waals surface area contributed by atoms with Crippen molar-refractivity contribution >= 4 is 17.5 Å². The average Bonchev–Trinajstić information content (AvgIpc) is 3.22. The summed E-state index contributed by atoms with van der Waals surface area (Å²) in [6, 6.07) is 5.22. The number of hydrogen-bond acceptors (Lipinski definition) is 4. The molecule has 1 atom stereocenters. The van der Waals surface area contributed by atoms with Gasteiger partial charge in [0.05, 0.1) is 17.9 Å². The lowest BCUT2D eigenvalue weighted by Crippen LogP contribution is -2.31. The molecule has 0 spiro atoms. The van der Waals surface area contributed by atoms with Crippen molar-refractivity contribution in [2.24, 2.45) is 7.05 Å². The van der Waals surface area contributed by atoms with E-state index in [0.717, 1.165) is 24.9 Å². The van der Waals surface area contributed by atoms with Gasteiger partial charge < -0.3 is 15.0 Å². The molecule has 0 saturated carbocycles. The minimum absolute atomic E-state index is 0.00942. The highest BCUT2D eigenvalue weighted by Gasteiger charge is 2.32. The number of likely N-dealkylation sites (tertiary alicyclic amines) is 1. The Hall–Kier alpha value is -2.83. The quantitative estimate of drug-likeness (QED) is 0.912. The Balaban J connectivity index is 1.61. The minimum Gasteiger partial charge on any atom is -0.482 e. The van der Waals surface area contributed by atoms with Crippen molar-refractivity contribution in [2.75, 3.05) is 18.5 Å². The standard InChI is InChI=1S/C17H18N4O3/c1-20-9-12(8-18-20)14-3-2-6-21(14)17(23)11-4-5-15-13(7-11)19-16(22)10-24-15/h4-5,7-9,14H,2-3,6,10H2,1H3,(H,19,22)/t14-/m0/s1. The van der Waals surface area contributed by atoms with Gasteiger partial charge in [-0.3, -0.25) is 14.3 Å². The monoisotopic (exact) mass is 326 g/mol. The summed E-state index contributed by atoms with van der Waals surface area (Å²) in [5.41, 5.74) is 2.16. The lowest BCUT2D eigenvalue weighted by molar-refractivity contribution is -0.118. The first kappa shape index (κ1) is 14.7. The van der Waals surface area contributed by atoms with Gasteiger partial charge in [-0.05, 0) is 31.0 Å². The van der Waals surface area contributed by atoms with E-state index in [2.05, 4.69) is 10.4 Å². The number of nitrogens with one attached hydrogen (secondary N) is 1. The molecule has 2 aromatic rings. The Morgan fingerprint density at radius 2 is 2.29 bits per heavy atom. The summed E-state index contributed by atoms with van der Waals surface area (Å²) in [5.74, 6) is 0.349. The predicted molar refractivity (Wildman–Crippen MR) is 86.8 cm³/mol. The zero-order valence-electron chi connectivity index (χ0n) is 13.4. The molecule has 1 aromatic carbocycles. The van der Waals surface area contributed by atoms with Crippen molar-refractivity contribution in [1.29, 1.82) is 0 Å². The van der Waals surface area contributed by atoms with Crippen molar-refractivity contribution in [2.45, 2.75) is 18.9 Å². The number of hydrogen-bond donors (Lipinski definition) is 1. The number of rotatable bonds is 2. The van der Waals surface area contributed by atoms with E-state index in [4.69, 9.17) is 4.74 Å². The zero-order chi connectivity index (χ0) is 16.7. The molecular weight excluding hydrogens is 308 g/mol. The first-order valence-corrected chi connectivity index (χ1v) is 7.98. The van der Waals surface area contributed by atoms with E-state index in [0.29, 0.717) is 17.0 Å². The van der Waals surface area contributed by atoms with Gasteiger partial charge in [0.1, 0.15) is 5.75 Å². The molecule has 7 nitrogen and oxygen atoms in total. The number of aryl methyl sites for hydroxylation is 1. The Kier molecular flexibility index (Phi) is 3.48. The Bertz CT molecular complexity index is 814. The third-order valence-corrected chi connectivity index (χ3v) is 4.48. The maximum absolute atomic E-state index is 12.9. The fraction of sp³-hybridized carbons (Fsp3) is 0.353. The second-order valence-electron chi connectivity index (χ2n) is 6.15. The third-order valence-electron chi connectivity index (χ3n) is 4.48. The van der Waals surface area contributed by atoms with E-state index in [1.165, 1.54) is 0 Å². The number of fused-ring (bicyclic) bond motifs is 1. The molecule has 4 rings (SSSR count). The third kappa shape index (κ3) is 2.51. The van der Waals surface area contributed by atoms with Crippen LogP contribution < -0.4 is 10.1 Å². The number of benzene rings is 1. The summed E-state index contributed by atoms with van der Waals surface area (Å²) >= 11 is 0. The number of aromatic nitrogens is 2. The molecule has 1 N–H and O–H groups in total. The molecule has 1 fully saturated rings. The highest BCUT2D eigenvalue weighted by molar-refractivity contribution is 6.00. The number of carbonyl (C=O) groups excluding carboxylic acids is 2. The van der Waals surface area contributed by atoms with Crippen LogP contribution >= 0.6 is 0 Å². The number of ether oxygens (including phenoxy) is 1. The molecule has 2 amide bonds. The molecule has 7 heteroatoms. The molecule has 0 radical (unpaired) electrons. The van der Waals surface area contributed by atoms with Gasteiger partial charge in [-0.25, -0.2) is 0 Å². The van der Waals surface area contributed by atoms with Crippen molar-refractivity contribution < 1.29 is 14.3 Å². The van der Waals surface area contributed by atoms with Crippen LogP contribution in [-0.4, -0.2) is 39.6 Å². The number of carbonyl (C=O) groups is 2. The second kappa shape index (κ2) is 5.67. The molecular formula is C17H18N4O3. The SMILES string of the molecule is Cn1cc([C@@H]2CCCN2C(=O)c2ccc3c(c2)NC(=O)CO3)cn1. The minimum atomic E-state index is -0.207. The average molecular weight is 326 g/mol. The highest BCUT2D eigenvalue weighted by Crippen LogP contribution is 2.34. The second-order valence-corrected chi connectivity index (χ2v) is 6.15. The van der Waals surface area contributed by atoms with Crippen LogP contribution in [0.1, 0.15) is 34.8 Å². The van der Waals surface area contributed by atoms with Gasteiger partial charge in [0, 0.05) is 30.9 Å². The summed E-state index contributed by atoms with van der Waals surface area (Å²) in [7, 11) is 1.87. The predicted octanol–water partition coefficient (Wildman–Crippen LogP) is 1.73. The summed E-state index contributed by atoms with van der Waals surface area (Å²) in [4.78, 5) is 26.3. The molecule has 0 unspecified atom stereocenters. The molecule has 1 saturated heterocycles. The normalized spacial score (nSPS) is 19.6. The van der Waals surface area contributed by atoms with E-state index in [1.54, 1.807) is 22.9 Å². The smallest absolute Gasteiger partial charge is 0.262 e. The summed E-state index contributed by atoms with van der Waals surface area (Å²) in [6.45, 7) is 0.730. The summed E-state index contributed by atoms with van der Waals surface area (Å²) in [6.07, 6.45) is 5.67. The fourth-order valence-electron chi connectivity index (χ4n) is 3.35. The topological polar surface area (TPSA) is 76.5 Å². The van der Waals surface area contributed by atoms with Gasteiger partial charge in [0.2, 0.25) is 0 Å². The maximum Gasteiger partial charge on any atom is 0.262 e. The Morgan fingerprint density at radius 1 is 1.42 bits per heavy atom. The van der Waals surface area contributed by atoms with Gasteiger partial charge in [-0.1, -0.05) is 0 Å². The first-order chi connectivity index (χ1) is 11.6. The Labute approximate surface area is 139 Å². The van der Waals surface area contributed by atoms with Crippen LogP contribution in [-0.2, 0) is 11.8 Å². The fourth-order valence-corrected chi connectivity index (χ4v) is 3.35. The maximum atomic E-state index is 12.9. The number of anilines is 1. The van der Waals surface area contributed by atoms with Crippen molar-refractivity contribution in [1.82, 2.24) is 14.7 Å².